The molecule has 0 aliphatic carbocycles. The van der Waals surface area contributed by atoms with E-state index in [9.17, 15) is 0 Å². The van der Waals surface area contributed by atoms with Crippen molar-refractivity contribution >= 4 is 11.3 Å². The Hall–Kier alpha value is -0.850. The zero-order chi connectivity index (χ0) is 10.4. The highest BCUT2D eigenvalue weighted by atomic mass is 32.1. The molecule has 0 saturated heterocycles. The minimum atomic E-state index is 0.122. The molecule has 0 radical (unpaired) electrons. The molecule has 0 saturated carbocycles. The third-order valence-electron chi connectivity index (χ3n) is 1.92. The summed E-state index contributed by atoms with van der Waals surface area (Å²) in [6.07, 6.45) is 7.37. The van der Waals surface area contributed by atoms with Gasteiger partial charge in [0.2, 0.25) is 0 Å². The summed E-state index contributed by atoms with van der Waals surface area (Å²) < 4.78 is 0. The molecular formula is C11H16N2S. The molecule has 1 aromatic rings. The zero-order valence-corrected chi connectivity index (χ0v) is 9.53. The standard InChI is InChI=1S/C11H16N2S/c1-4-6-12-10(5-2)7-11-8-14-9(3)13-11/h2,8,10,12H,4,6-7H2,1,3H3. The number of thiazole rings is 1. The number of hydrogen-bond donors (Lipinski definition) is 1. The van der Waals surface area contributed by atoms with Crippen molar-refractivity contribution in [2.75, 3.05) is 6.54 Å². The molecule has 1 aromatic heterocycles. The highest BCUT2D eigenvalue weighted by Crippen LogP contribution is 2.09. The first kappa shape index (κ1) is 11.2. The minimum Gasteiger partial charge on any atom is -0.303 e. The van der Waals surface area contributed by atoms with Gasteiger partial charge in [0, 0.05) is 11.8 Å². The van der Waals surface area contributed by atoms with E-state index in [1.807, 2.05) is 6.92 Å². The zero-order valence-electron chi connectivity index (χ0n) is 8.71. The van der Waals surface area contributed by atoms with E-state index < -0.39 is 0 Å². The van der Waals surface area contributed by atoms with Crippen LogP contribution in [0.15, 0.2) is 5.38 Å². The Balaban J connectivity index is 2.45. The van der Waals surface area contributed by atoms with Crippen molar-refractivity contribution in [1.82, 2.24) is 10.3 Å². The van der Waals surface area contributed by atoms with Crippen LogP contribution < -0.4 is 5.32 Å². The van der Waals surface area contributed by atoms with E-state index in [2.05, 4.69) is 28.5 Å². The Morgan fingerprint density at radius 1 is 1.71 bits per heavy atom. The van der Waals surface area contributed by atoms with Crippen molar-refractivity contribution < 1.29 is 0 Å². The van der Waals surface area contributed by atoms with Gasteiger partial charge in [0.05, 0.1) is 16.7 Å². The average molecular weight is 208 g/mol. The molecule has 1 unspecified atom stereocenters. The van der Waals surface area contributed by atoms with Crippen molar-refractivity contribution in [3.05, 3.63) is 16.1 Å². The van der Waals surface area contributed by atoms with E-state index >= 15 is 0 Å². The van der Waals surface area contributed by atoms with Crippen LogP contribution >= 0.6 is 11.3 Å². The van der Waals surface area contributed by atoms with Crippen LogP contribution in [0, 0.1) is 19.3 Å². The minimum absolute atomic E-state index is 0.122. The smallest absolute Gasteiger partial charge is 0.0897 e. The fourth-order valence-electron chi connectivity index (χ4n) is 1.22. The maximum atomic E-state index is 5.43. The molecule has 0 fully saturated rings. The highest BCUT2D eigenvalue weighted by Gasteiger charge is 2.06. The maximum absolute atomic E-state index is 5.43. The van der Waals surface area contributed by atoms with Gasteiger partial charge < -0.3 is 5.32 Å². The van der Waals surface area contributed by atoms with Crippen LogP contribution in [-0.2, 0) is 6.42 Å². The SMILES string of the molecule is C#CC(Cc1csc(C)n1)NCCC. The lowest BCUT2D eigenvalue weighted by atomic mass is 10.2. The number of terminal acetylenes is 1. The molecule has 0 aliphatic heterocycles. The monoisotopic (exact) mass is 208 g/mol. The van der Waals surface area contributed by atoms with E-state index in [-0.39, 0.29) is 6.04 Å². The first-order valence-electron chi connectivity index (χ1n) is 4.86. The van der Waals surface area contributed by atoms with Gasteiger partial charge in [-0.25, -0.2) is 4.98 Å². The van der Waals surface area contributed by atoms with E-state index in [0.29, 0.717) is 0 Å². The van der Waals surface area contributed by atoms with Crippen LogP contribution in [0.4, 0.5) is 0 Å². The van der Waals surface area contributed by atoms with Crippen LogP contribution in [-0.4, -0.2) is 17.6 Å². The summed E-state index contributed by atoms with van der Waals surface area (Å²) >= 11 is 1.67. The summed E-state index contributed by atoms with van der Waals surface area (Å²) in [5.41, 5.74) is 1.10. The van der Waals surface area contributed by atoms with Crippen molar-refractivity contribution in [3.8, 4) is 12.3 Å². The van der Waals surface area contributed by atoms with Crippen molar-refractivity contribution in [2.45, 2.75) is 32.7 Å². The second-order valence-corrected chi connectivity index (χ2v) is 4.30. The predicted octanol–water partition coefficient (Wildman–Crippen LogP) is 2.00. The summed E-state index contributed by atoms with van der Waals surface area (Å²) in [5, 5.41) is 6.49. The molecule has 1 rings (SSSR count). The second kappa shape index (κ2) is 5.79. The molecule has 3 heteroatoms. The molecule has 1 heterocycles. The Labute approximate surface area is 89.8 Å². The first-order chi connectivity index (χ1) is 6.76. The molecule has 0 bridgehead atoms. The summed E-state index contributed by atoms with van der Waals surface area (Å²) in [6.45, 7) is 5.12. The largest absolute Gasteiger partial charge is 0.303 e. The molecule has 0 amide bonds. The highest BCUT2D eigenvalue weighted by molar-refractivity contribution is 7.09. The average Bonchev–Trinajstić information content (AvgIpc) is 2.58. The molecular weight excluding hydrogens is 192 g/mol. The van der Waals surface area contributed by atoms with Crippen LogP contribution in [0.2, 0.25) is 0 Å². The van der Waals surface area contributed by atoms with Gasteiger partial charge >= 0.3 is 0 Å². The molecule has 0 aliphatic rings. The summed E-state index contributed by atoms with van der Waals surface area (Å²) in [7, 11) is 0. The molecule has 14 heavy (non-hydrogen) atoms. The van der Waals surface area contributed by atoms with Crippen LogP contribution in [0.25, 0.3) is 0 Å². The number of nitrogens with zero attached hydrogens (tertiary/aromatic N) is 1. The van der Waals surface area contributed by atoms with Crippen molar-refractivity contribution in [2.24, 2.45) is 0 Å². The molecule has 1 atom stereocenters. The third kappa shape index (κ3) is 3.49. The fraction of sp³-hybridized carbons (Fsp3) is 0.545. The van der Waals surface area contributed by atoms with E-state index in [1.165, 1.54) is 0 Å². The Bertz CT molecular complexity index is 311. The third-order valence-corrected chi connectivity index (χ3v) is 2.74. The Kier molecular flexibility index (Phi) is 4.64. The number of aromatic nitrogens is 1. The van der Waals surface area contributed by atoms with Gasteiger partial charge in [-0.15, -0.1) is 17.8 Å². The van der Waals surface area contributed by atoms with E-state index in [1.54, 1.807) is 11.3 Å². The van der Waals surface area contributed by atoms with Crippen molar-refractivity contribution in [3.63, 3.8) is 0 Å². The van der Waals surface area contributed by atoms with Gasteiger partial charge in [-0.1, -0.05) is 12.8 Å². The van der Waals surface area contributed by atoms with E-state index in [4.69, 9.17) is 6.42 Å². The number of rotatable bonds is 5. The molecule has 0 spiro atoms. The maximum Gasteiger partial charge on any atom is 0.0897 e. The lowest BCUT2D eigenvalue weighted by molar-refractivity contribution is 0.593. The van der Waals surface area contributed by atoms with Gasteiger partial charge in [0.25, 0.3) is 0 Å². The van der Waals surface area contributed by atoms with Crippen LogP contribution in [0.5, 0.6) is 0 Å². The Morgan fingerprint density at radius 2 is 2.50 bits per heavy atom. The second-order valence-electron chi connectivity index (χ2n) is 3.24. The fourth-order valence-corrected chi connectivity index (χ4v) is 1.85. The van der Waals surface area contributed by atoms with Crippen molar-refractivity contribution in [1.29, 1.82) is 0 Å². The van der Waals surface area contributed by atoms with Gasteiger partial charge in [0.15, 0.2) is 0 Å². The topological polar surface area (TPSA) is 24.9 Å². The molecule has 1 N–H and O–H groups in total. The van der Waals surface area contributed by atoms with Gasteiger partial charge in [-0.3, -0.25) is 0 Å². The van der Waals surface area contributed by atoms with Crippen LogP contribution in [0.1, 0.15) is 24.0 Å². The van der Waals surface area contributed by atoms with Gasteiger partial charge in [0.1, 0.15) is 0 Å². The summed E-state index contributed by atoms with van der Waals surface area (Å²) in [4.78, 5) is 4.39. The lowest BCUT2D eigenvalue weighted by Gasteiger charge is -2.10. The molecule has 0 aromatic carbocycles. The molecule has 76 valence electrons. The first-order valence-corrected chi connectivity index (χ1v) is 5.74. The number of aryl methyl sites for hydroxylation is 1. The number of nitrogens with one attached hydrogen (secondary N) is 1. The van der Waals surface area contributed by atoms with E-state index in [0.717, 1.165) is 30.1 Å². The normalized spacial score (nSPS) is 12.4. The summed E-state index contributed by atoms with van der Waals surface area (Å²) in [5.74, 6) is 2.75. The van der Waals surface area contributed by atoms with Gasteiger partial charge in [-0.2, -0.15) is 0 Å². The Morgan fingerprint density at radius 3 is 3.00 bits per heavy atom. The predicted molar refractivity (Wildman–Crippen MR) is 61.5 cm³/mol. The molecule has 2 nitrogen and oxygen atoms in total. The van der Waals surface area contributed by atoms with Gasteiger partial charge in [-0.05, 0) is 19.9 Å². The number of hydrogen-bond acceptors (Lipinski definition) is 3. The quantitative estimate of drug-likeness (QED) is 0.749. The van der Waals surface area contributed by atoms with Crippen LogP contribution in [0.3, 0.4) is 0 Å². The summed E-state index contributed by atoms with van der Waals surface area (Å²) in [6, 6.07) is 0.122. The lowest BCUT2D eigenvalue weighted by Crippen LogP contribution is -2.30.